The molecule has 0 aromatic rings. The van der Waals surface area contributed by atoms with Gasteiger partial charge in [0.05, 0.1) is 5.92 Å². The smallest absolute Gasteiger partial charge is 0.0573 e. The van der Waals surface area contributed by atoms with Crippen LogP contribution in [0.1, 0.15) is 98.8 Å². The van der Waals surface area contributed by atoms with E-state index < -0.39 is 0 Å². The standard InChI is InChI=1S/C34H48/c1-24(2)9-8-10-25(3)30-17-18-31-29-16-15-28-23-27(14-13-26-11-6-7-12-26)19-21-33(28,4)32(29)20-22-34(30,31)5/h6-7,11-12,15,23-26,29-32H,8-10,16-22H2,1-5H3/t25-,29+,30-,31+,32+,33+,34-/m1/s1. The van der Waals surface area contributed by atoms with Crippen LogP contribution in [-0.2, 0) is 0 Å². The molecule has 0 saturated heterocycles. The molecule has 2 saturated carbocycles. The summed E-state index contributed by atoms with van der Waals surface area (Å²) in [6.07, 6.45) is 27.8. The highest BCUT2D eigenvalue weighted by Crippen LogP contribution is 2.67. The van der Waals surface area contributed by atoms with Gasteiger partial charge in [-0.25, -0.2) is 0 Å². The maximum atomic E-state index is 3.54. The van der Waals surface area contributed by atoms with Crippen molar-refractivity contribution in [3.05, 3.63) is 47.6 Å². The van der Waals surface area contributed by atoms with Gasteiger partial charge in [-0.2, -0.15) is 0 Å². The lowest BCUT2D eigenvalue weighted by Gasteiger charge is -2.57. The summed E-state index contributed by atoms with van der Waals surface area (Å²) in [5.41, 5.74) is 3.96. The highest BCUT2D eigenvalue weighted by molar-refractivity contribution is 5.45. The van der Waals surface area contributed by atoms with E-state index in [4.69, 9.17) is 0 Å². The highest BCUT2D eigenvalue weighted by atomic mass is 14.6. The zero-order valence-corrected chi connectivity index (χ0v) is 22.6. The van der Waals surface area contributed by atoms with Crippen LogP contribution < -0.4 is 0 Å². The Morgan fingerprint density at radius 1 is 0.971 bits per heavy atom. The molecule has 0 N–H and O–H groups in total. The fraction of sp³-hybridized carbons (Fsp3) is 0.706. The molecule has 0 unspecified atom stereocenters. The van der Waals surface area contributed by atoms with Crippen LogP contribution >= 0.6 is 0 Å². The summed E-state index contributed by atoms with van der Waals surface area (Å²) in [6, 6.07) is 0. The number of hydrogen-bond acceptors (Lipinski definition) is 0. The molecule has 0 heteroatoms. The summed E-state index contributed by atoms with van der Waals surface area (Å²) in [5.74, 6) is 12.8. The van der Waals surface area contributed by atoms with Gasteiger partial charge in [-0.05, 0) is 103 Å². The van der Waals surface area contributed by atoms with E-state index in [2.05, 4.69) is 82.9 Å². The number of fused-ring (bicyclic) bond motifs is 5. The molecule has 0 aliphatic heterocycles. The predicted octanol–water partition coefficient (Wildman–Crippen LogP) is 9.31. The molecular weight excluding hydrogens is 408 g/mol. The van der Waals surface area contributed by atoms with E-state index in [1.807, 2.05) is 0 Å². The van der Waals surface area contributed by atoms with Crippen LogP contribution in [0, 0.1) is 64.1 Å². The molecule has 0 heterocycles. The molecule has 5 aliphatic carbocycles. The van der Waals surface area contributed by atoms with Crippen molar-refractivity contribution in [2.24, 2.45) is 52.3 Å². The molecule has 7 atom stereocenters. The molecule has 34 heavy (non-hydrogen) atoms. The van der Waals surface area contributed by atoms with Crippen molar-refractivity contribution in [2.45, 2.75) is 98.8 Å². The summed E-state index contributed by atoms with van der Waals surface area (Å²) >= 11 is 0. The van der Waals surface area contributed by atoms with Crippen LogP contribution in [0.4, 0.5) is 0 Å². The largest absolute Gasteiger partial charge is 0.0864 e. The Morgan fingerprint density at radius 2 is 1.76 bits per heavy atom. The van der Waals surface area contributed by atoms with Gasteiger partial charge in [-0.15, -0.1) is 0 Å². The second kappa shape index (κ2) is 9.52. The van der Waals surface area contributed by atoms with Crippen molar-refractivity contribution in [2.75, 3.05) is 0 Å². The minimum Gasteiger partial charge on any atom is -0.0864 e. The Labute approximate surface area is 210 Å². The molecule has 0 spiro atoms. The molecule has 0 bridgehead atoms. The van der Waals surface area contributed by atoms with Gasteiger partial charge < -0.3 is 0 Å². The summed E-state index contributed by atoms with van der Waals surface area (Å²) in [7, 11) is 0. The van der Waals surface area contributed by atoms with Crippen molar-refractivity contribution in [3.8, 4) is 11.8 Å². The molecule has 0 nitrogen and oxygen atoms in total. The first-order valence-electron chi connectivity index (χ1n) is 14.6. The normalized spacial score (nSPS) is 39.6. The van der Waals surface area contributed by atoms with Crippen molar-refractivity contribution in [1.29, 1.82) is 0 Å². The quantitative estimate of drug-likeness (QED) is 0.361. The van der Waals surface area contributed by atoms with E-state index in [0.29, 0.717) is 16.7 Å². The summed E-state index contributed by atoms with van der Waals surface area (Å²) in [4.78, 5) is 0. The fourth-order valence-electron chi connectivity index (χ4n) is 9.15. The van der Waals surface area contributed by atoms with E-state index in [0.717, 1.165) is 35.5 Å². The SMILES string of the molecule is CC(C)CCC[C@@H](C)[C@H]1CC[C@H]2[C@@H]3CC=C4C=C(C#CC5C=CC=C5)CC[C@]4(C)[C@H]3CC[C@]12C. The maximum Gasteiger partial charge on any atom is 0.0573 e. The molecule has 0 amide bonds. The van der Waals surface area contributed by atoms with E-state index in [1.54, 1.807) is 5.57 Å². The Bertz CT molecular complexity index is 932. The number of allylic oxidation sites excluding steroid dienone is 8. The Morgan fingerprint density at radius 3 is 2.53 bits per heavy atom. The van der Waals surface area contributed by atoms with Crippen molar-refractivity contribution in [3.63, 3.8) is 0 Å². The number of hydrogen-bond donors (Lipinski definition) is 0. The lowest BCUT2D eigenvalue weighted by atomic mass is 9.47. The molecule has 2 fully saturated rings. The Kier molecular flexibility index (Phi) is 6.79. The molecule has 184 valence electrons. The summed E-state index contributed by atoms with van der Waals surface area (Å²) in [5, 5.41) is 0. The van der Waals surface area contributed by atoms with E-state index >= 15 is 0 Å². The average molecular weight is 457 g/mol. The van der Waals surface area contributed by atoms with Crippen molar-refractivity contribution >= 4 is 0 Å². The van der Waals surface area contributed by atoms with E-state index in [9.17, 15) is 0 Å². The lowest BCUT2D eigenvalue weighted by molar-refractivity contribution is -0.0453. The summed E-state index contributed by atoms with van der Waals surface area (Å²) in [6.45, 7) is 12.7. The molecule has 5 aliphatic rings. The molecule has 0 aromatic carbocycles. The van der Waals surface area contributed by atoms with Crippen LogP contribution in [0.25, 0.3) is 0 Å². The van der Waals surface area contributed by atoms with Gasteiger partial charge in [0.15, 0.2) is 0 Å². The molecule has 0 radical (unpaired) electrons. The topological polar surface area (TPSA) is 0 Å². The van der Waals surface area contributed by atoms with Gasteiger partial charge in [0.2, 0.25) is 0 Å². The van der Waals surface area contributed by atoms with Crippen molar-refractivity contribution < 1.29 is 0 Å². The third-order valence-corrected chi connectivity index (χ3v) is 11.1. The Hall–Kier alpha value is -1.48. The average Bonchev–Trinajstić information content (AvgIpc) is 3.44. The fourth-order valence-corrected chi connectivity index (χ4v) is 9.15. The van der Waals surface area contributed by atoms with Crippen LogP contribution in [0.5, 0.6) is 0 Å². The first-order valence-corrected chi connectivity index (χ1v) is 14.6. The second-order valence-electron chi connectivity index (χ2n) is 13.5. The third-order valence-electron chi connectivity index (χ3n) is 11.1. The van der Waals surface area contributed by atoms with Gasteiger partial charge in [-0.1, -0.05) is 96.1 Å². The van der Waals surface area contributed by atoms with E-state index in [1.165, 1.54) is 69.8 Å². The molecule has 5 rings (SSSR count). The minimum absolute atomic E-state index is 0.318. The zero-order chi connectivity index (χ0) is 23.9. The first-order chi connectivity index (χ1) is 16.3. The van der Waals surface area contributed by atoms with Gasteiger partial charge in [0, 0.05) is 5.57 Å². The first kappa shape index (κ1) is 24.2. The molecule has 0 aromatic heterocycles. The lowest BCUT2D eigenvalue weighted by Crippen LogP contribution is -2.49. The van der Waals surface area contributed by atoms with Gasteiger partial charge in [0.25, 0.3) is 0 Å². The molecular formula is C34H48. The van der Waals surface area contributed by atoms with Crippen LogP contribution in [-0.4, -0.2) is 0 Å². The van der Waals surface area contributed by atoms with Crippen LogP contribution in [0.3, 0.4) is 0 Å². The van der Waals surface area contributed by atoms with Gasteiger partial charge in [-0.3, -0.25) is 0 Å². The van der Waals surface area contributed by atoms with Gasteiger partial charge >= 0.3 is 0 Å². The highest BCUT2D eigenvalue weighted by Gasteiger charge is 2.58. The monoisotopic (exact) mass is 456 g/mol. The third kappa shape index (κ3) is 4.31. The number of rotatable bonds is 5. The van der Waals surface area contributed by atoms with Crippen molar-refractivity contribution in [1.82, 2.24) is 0 Å². The van der Waals surface area contributed by atoms with E-state index in [-0.39, 0.29) is 0 Å². The summed E-state index contributed by atoms with van der Waals surface area (Å²) < 4.78 is 0. The Balaban J connectivity index is 1.31. The van der Waals surface area contributed by atoms with Gasteiger partial charge in [0.1, 0.15) is 0 Å². The van der Waals surface area contributed by atoms with Crippen LogP contribution in [0.2, 0.25) is 0 Å². The second-order valence-corrected chi connectivity index (χ2v) is 13.5. The maximum absolute atomic E-state index is 3.54. The van der Waals surface area contributed by atoms with Crippen LogP contribution in [0.15, 0.2) is 47.6 Å². The zero-order valence-electron chi connectivity index (χ0n) is 22.6. The minimum atomic E-state index is 0.318. The predicted molar refractivity (Wildman–Crippen MR) is 146 cm³/mol.